The molecule has 0 aliphatic carbocycles. The van der Waals surface area contributed by atoms with Crippen molar-refractivity contribution in [3.05, 3.63) is 46.0 Å². The van der Waals surface area contributed by atoms with Crippen LogP contribution in [0.2, 0.25) is 5.02 Å². The third-order valence-corrected chi connectivity index (χ3v) is 5.10. The zero-order valence-electron chi connectivity index (χ0n) is 15.5. The minimum atomic E-state index is -0.652. The largest absolute Gasteiger partial charge is 0.493 e. The van der Waals surface area contributed by atoms with Crippen molar-refractivity contribution < 1.29 is 19.1 Å². The number of nitrogens with two attached hydrogens (primary N) is 1. The van der Waals surface area contributed by atoms with Gasteiger partial charge in [-0.15, -0.1) is 0 Å². The molecule has 0 aliphatic rings. The Morgan fingerprint density at radius 1 is 1.25 bits per heavy atom. The van der Waals surface area contributed by atoms with Gasteiger partial charge in [-0.1, -0.05) is 29.0 Å². The zero-order chi connectivity index (χ0) is 20.4. The number of ether oxygens (including phenoxy) is 2. The van der Waals surface area contributed by atoms with Crippen molar-refractivity contribution in [2.45, 2.75) is 13.8 Å². The minimum absolute atomic E-state index is 0.126. The molecule has 0 bridgehead atoms. The number of carbonyl (C=O) groups is 2. The topological polar surface area (TPSA) is 104 Å². The SMILES string of the molecule is COc1cc(C(=O)Nc2nc3c(C)cc(C)cc3s2)cc(Cl)c1OCC(N)=O. The molecule has 0 saturated carbocycles. The zero-order valence-corrected chi connectivity index (χ0v) is 17.0. The number of thiazole rings is 1. The Kier molecular flexibility index (Phi) is 5.71. The molecule has 0 saturated heterocycles. The van der Waals surface area contributed by atoms with E-state index >= 15 is 0 Å². The van der Waals surface area contributed by atoms with Gasteiger partial charge in [0.25, 0.3) is 11.8 Å². The van der Waals surface area contributed by atoms with E-state index in [9.17, 15) is 9.59 Å². The van der Waals surface area contributed by atoms with Gasteiger partial charge in [0.05, 0.1) is 22.3 Å². The van der Waals surface area contributed by atoms with E-state index in [4.69, 9.17) is 26.8 Å². The maximum absolute atomic E-state index is 12.7. The van der Waals surface area contributed by atoms with Crippen molar-refractivity contribution in [3.8, 4) is 11.5 Å². The van der Waals surface area contributed by atoms with Crippen LogP contribution in [0.3, 0.4) is 0 Å². The van der Waals surface area contributed by atoms with Crippen molar-refractivity contribution in [1.29, 1.82) is 0 Å². The van der Waals surface area contributed by atoms with E-state index in [1.807, 2.05) is 26.0 Å². The fourth-order valence-corrected chi connectivity index (χ4v) is 4.03. The summed E-state index contributed by atoms with van der Waals surface area (Å²) in [6.07, 6.45) is 0. The van der Waals surface area contributed by atoms with E-state index in [0.717, 1.165) is 21.3 Å². The number of anilines is 1. The molecule has 9 heteroatoms. The first-order chi connectivity index (χ1) is 13.3. The quantitative estimate of drug-likeness (QED) is 0.634. The number of methoxy groups -OCH3 is 1. The van der Waals surface area contributed by atoms with Gasteiger partial charge < -0.3 is 15.2 Å². The van der Waals surface area contributed by atoms with Gasteiger partial charge in [0, 0.05) is 5.56 Å². The number of amides is 2. The Balaban J connectivity index is 1.87. The number of halogens is 1. The number of benzene rings is 2. The summed E-state index contributed by atoms with van der Waals surface area (Å²) in [6.45, 7) is 3.64. The van der Waals surface area contributed by atoms with Gasteiger partial charge >= 0.3 is 0 Å². The first-order valence-electron chi connectivity index (χ1n) is 8.26. The lowest BCUT2D eigenvalue weighted by Gasteiger charge is -2.13. The molecule has 1 aromatic heterocycles. The molecule has 3 aromatic rings. The van der Waals surface area contributed by atoms with Crippen molar-refractivity contribution in [2.75, 3.05) is 19.0 Å². The van der Waals surface area contributed by atoms with Crippen LogP contribution in [0, 0.1) is 13.8 Å². The maximum atomic E-state index is 12.7. The van der Waals surface area contributed by atoms with Crippen molar-refractivity contribution >= 4 is 50.1 Å². The maximum Gasteiger partial charge on any atom is 0.257 e. The van der Waals surface area contributed by atoms with Crippen LogP contribution in [0.4, 0.5) is 5.13 Å². The molecule has 2 amide bonds. The smallest absolute Gasteiger partial charge is 0.257 e. The average Bonchev–Trinajstić information content (AvgIpc) is 3.02. The highest BCUT2D eigenvalue weighted by molar-refractivity contribution is 7.22. The van der Waals surface area contributed by atoms with Crippen LogP contribution < -0.4 is 20.5 Å². The van der Waals surface area contributed by atoms with Crippen molar-refractivity contribution in [2.24, 2.45) is 5.73 Å². The minimum Gasteiger partial charge on any atom is -0.493 e. The van der Waals surface area contributed by atoms with Crippen LogP contribution in [0.25, 0.3) is 10.2 Å². The number of nitrogens with one attached hydrogen (secondary N) is 1. The lowest BCUT2D eigenvalue weighted by Crippen LogP contribution is -2.20. The number of fused-ring (bicyclic) bond motifs is 1. The number of hydrogen-bond donors (Lipinski definition) is 2. The van der Waals surface area contributed by atoms with Gasteiger partial charge in [-0.05, 0) is 43.2 Å². The molecule has 7 nitrogen and oxygen atoms in total. The molecule has 1 heterocycles. The molecule has 0 aliphatic heterocycles. The predicted molar refractivity (Wildman–Crippen MR) is 110 cm³/mol. The Bertz CT molecular complexity index is 1080. The summed E-state index contributed by atoms with van der Waals surface area (Å²) in [5.41, 5.74) is 8.38. The first-order valence-corrected chi connectivity index (χ1v) is 9.45. The Morgan fingerprint density at radius 3 is 2.68 bits per heavy atom. The molecular weight excluding hydrogens is 402 g/mol. The molecule has 2 aromatic carbocycles. The fourth-order valence-electron chi connectivity index (χ4n) is 2.73. The number of hydrogen-bond acceptors (Lipinski definition) is 6. The lowest BCUT2D eigenvalue weighted by atomic mass is 10.1. The van der Waals surface area contributed by atoms with Gasteiger partial charge in [0.2, 0.25) is 0 Å². The van der Waals surface area contributed by atoms with Crippen LogP contribution in [0.5, 0.6) is 11.5 Å². The summed E-state index contributed by atoms with van der Waals surface area (Å²) in [4.78, 5) is 28.1. The van der Waals surface area contributed by atoms with Crippen LogP contribution in [-0.4, -0.2) is 30.5 Å². The van der Waals surface area contributed by atoms with Gasteiger partial charge in [-0.25, -0.2) is 4.98 Å². The second-order valence-electron chi connectivity index (χ2n) is 6.15. The summed E-state index contributed by atoms with van der Waals surface area (Å²) in [6, 6.07) is 6.97. The molecule has 3 N–H and O–H groups in total. The second-order valence-corrected chi connectivity index (χ2v) is 7.58. The Hall–Kier alpha value is -2.84. The number of nitrogens with zero attached hydrogens (tertiary/aromatic N) is 1. The van der Waals surface area contributed by atoms with Gasteiger partial charge in [-0.2, -0.15) is 0 Å². The molecule has 0 atom stereocenters. The van der Waals surface area contributed by atoms with Crippen LogP contribution in [-0.2, 0) is 4.79 Å². The molecule has 0 spiro atoms. The monoisotopic (exact) mass is 419 g/mol. The molecule has 28 heavy (non-hydrogen) atoms. The lowest BCUT2D eigenvalue weighted by molar-refractivity contribution is -0.119. The van der Waals surface area contributed by atoms with Crippen LogP contribution in [0.1, 0.15) is 21.5 Å². The number of aromatic nitrogens is 1. The van der Waals surface area contributed by atoms with E-state index in [1.165, 1.54) is 30.6 Å². The molecule has 3 rings (SSSR count). The number of primary amides is 1. The van der Waals surface area contributed by atoms with Gasteiger partial charge in [-0.3, -0.25) is 14.9 Å². The predicted octanol–water partition coefficient (Wildman–Crippen LogP) is 3.69. The molecule has 0 fully saturated rings. The summed E-state index contributed by atoms with van der Waals surface area (Å²) in [5, 5.41) is 3.39. The van der Waals surface area contributed by atoms with E-state index in [1.54, 1.807) is 0 Å². The third-order valence-electron chi connectivity index (χ3n) is 3.90. The van der Waals surface area contributed by atoms with E-state index in [2.05, 4.69) is 10.3 Å². The van der Waals surface area contributed by atoms with Crippen LogP contribution >= 0.6 is 22.9 Å². The van der Waals surface area contributed by atoms with Crippen molar-refractivity contribution in [1.82, 2.24) is 4.98 Å². The average molecular weight is 420 g/mol. The second kappa shape index (κ2) is 8.04. The summed E-state index contributed by atoms with van der Waals surface area (Å²) < 4.78 is 11.5. The normalized spacial score (nSPS) is 10.7. The summed E-state index contributed by atoms with van der Waals surface area (Å²) >= 11 is 7.59. The first kappa shape index (κ1) is 19.9. The molecular formula is C19H18ClN3O4S. The highest BCUT2D eigenvalue weighted by Crippen LogP contribution is 2.37. The molecule has 146 valence electrons. The third kappa shape index (κ3) is 4.18. The van der Waals surface area contributed by atoms with Gasteiger partial charge in [0.15, 0.2) is 23.2 Å². The van der Waals surface area contributed by atoms with Gasteiger partial charge in [0.1, 0.15) is 0 Å². The summed E-state index contributed by atoms with van der Waals surface area (Å²) in [5.74, 6) is -0.684. The highest BCUT2D eigenvalue weighted by Gasteiger charge is 2.18. The number of aryl methyl sites for hydroxylation is 2. The van der Waals surface area contributed by atoms with E-state index < -0.39 is 11.8 Å². The standard InChI is InChI=1S/C19H18ClN3O4S/c1-9-4-10(2)16-14(5-9)28-19(22-16)23-18(25)11-6-12(20)17(13(7-11)26-3)27-8-15(21)24/h4-7H,8H2,1-3H3,(H2,21,24)(H,22,23,25). The fraction of sp³-hybridized carbons (Fsp3) is 0.211. The molecule has 0 radical (unpaired) electrons. The Morgan fingerprint density at radius 2 is 2.00 bits per heavy atom. The van der Waals surface area contributed by atoms with E-state index in [-0.39, 0.29) is 28.7 Å². The van der Waals surface area contributed by atoms with Crippen LogP contribution in [0.15, 0.2) is 24.3 Å². The number of carbonyl (C=O) groups excluding carboxylic acids is 2. The molecule has 0 unspecified atom stereocenters. The van der Waals surface area contributed by atoms with E-state index in [0.29, 0.717) is 5.13 Å². The summed E-state index contributed by atoms with van der Waals surface area (Å²) in [7, 11) is 1.41. The highest BCUT2D eigenvalue weighted by atomic mass is 35.5. The number of rotatable bonds is 6. The Labute approximate surface area is 170 Å². The van der Waals surface area contributed by atoms with Crippen molar-refractivity contribution in [3.63, 3.8) is 0 Å².